The van der Waals surface area contributed by atoms with Crippen LogP contribution in [0.1, 0.15) is 0 Å². The third-order valence-electron chi connectivity index (χ3n) is 5.49. The largest absolute Gasteiger partial charge is 0.486 e. The van der Waals surface area contributed by atoms with Crippen LogP contribution in [0.5, 0.6) is 11.5 Å². The molecule has 1 N–H and O–H groups in total. The molecule has 1 aromatic heterocycles. The summed E-state index contributed by atoms with van der Waals surface area (Å²) in [6.07, 6.45) is 1.35. The Bertz CT molecular complexity index is 1120. The van der Waals surface area contributed by atoms with Gasteiger partial charge in [0.1, 0.15) is 19.5 Å². The lowest BCUT2D eigenvalue weighted by Gasteiger charge is -2.36. The van der Waals surface area contributed by atoms with Crippen LogP contribution in [0.15, 0.2) is 54.9 Å². The fourth-order valence-electron chi connectivity index (χ4n) is 3.93. The molecular formula is C22H22N6O4. The molecule has 32 heavy (non-hydrogen) atoms. The molecule has 0 saturated carbocycles. The molecule has 1 fully saturated rings. The van der Waals surface area contributed by atoms with Gasteiger partial charge in [-0.3, -0.25) is 10.1 Å². The van der Waals surface area contributed by atoms with Crippen molar-refractivity contribution < 1.29 is 14.4 Å². The van der Waals surface area contributed by atoms with Gasteiger partial charge in [-0.15, -0.1) is 0 Å². The average Bonchev–Trinajstić information content (AvgIpc) is 2.84. The highest BCUT2D eigenvalue weighted by molar-refractivity contribution is 5.75. The Morgan fingerprint density at radius 2 is 1.62 bits per heavy atom. The highest BCUT2D eigenvalue weighted by Gasteiger charge is 2.29. The van der Waals surface area contributed by atoms with Gasteiger partial charge in [0.2, 0.25) is 11.6 Å². The average molecular weight is 434 g/mol. The second-order valence-corrected chi connectivity index (χ2v) is 7.44. The number of anilines is 4. The van der Waals surface area contributed by atoms with Gasteiger partial charge < -0.3 is 24.6 Å². The van der Waals surface area contributed by atoms with Gasteiger partial charge >= 0.3 is 5.69 Å². The molecule has 164 valence electrons. The van der Waals surface area contributed by atoms with Crippen LogP contribution in [0, 0.1) is 10.1 Å². The molecule has 5 rings (SSSR count). The van der Waals surface area contributed by atoms with Gasteiger partial charge in [0.25, 0.3) is 0 Å². The van der Waals surface area contributed by atoms with Crippen LogP contribution in [0.4, 0.5) is 28.7 Å². The minimum atomic E-state index is -0.431. The second-order valence-electron chi connectivity index (χ2n) is 7.44. The molecule has 2 aromatic carbocycles. The molecule has 1 saturated heterocycles. The number of benzene rings is 2. The van der Waals surface area contributed by atoms with Gasteiger partial charge in [0, 0.05) is 43.6 Å². The van der Waals surface area contributed by atoms with Crippen molar-refractivity contribution in [3.63, 3.8) is 0 Å². The molecule has 0 amide bonds. The zero-order valence-corrected chi connectivity index (χ0v) is 17.3. The standard InChI is InChI=1S/C22H22N6O4/c29-28(30)20-21(25-16-6-7-18-19(14-16)32-13-12-31-18)23-15-24-22(20)27-10-8-26(9-11-27)17-4-2-1-3-5-17/h1-7,14-15H,8-13H2,(H,23,24,25). The number of rotatable bonds is 5. The highest BCUT2D eigenvalue weighted by atomic mass is 16.6. The Hall–Kier alpha value is -4.08. The summed E-state index contributed by atoms with van der Waals surface area (Å²) in [6.45, 7) is 3.69. The van der Waals surface area contributed by atoms with Crippen molar-refractivity contribution in [1.82, 2.24) is 9.97 Å². The van der Waals surface area contributed by atoms with E-state index >= 15 is 0 Å². The van der Waals surface area contributed by atoms with Crippen LogP contribution in [0.25, 0.3) is 0 Å². The zero-order chi connectivity index (χ0) is 21.9. The van der Waals surface area contributed by atoms with Crippen molar-refractivity contribution in [3.8, 4) is 11.5 Å². The first-order valence-electron chi connectivity index (χ1n) is 10.4. The smallest absolute Gasteiger partial charge is 0.353 e. The molecule has 10 nitrogen and oxygen atoms in total. The normalized spacial score (nSPS) is 15.4. The van der Waals surface area contributed by atoms with E-state index in [2.05, 4.69) is 32.3 Å². The molecular weight excluding hydrogens is 412 g/mol. The number of hydrogen-bond donors (Lipinski definition) is 1. The molecule has 0 bridgehead atoms. The van der Waals surface area contributed by atoms with Gasteiger partial charge in [-0.05, 0) is 24.3 Å². The summed E-state index contributed by atoms with van der Waals surface area (Å²) in [6, 6.07) is 15.4. The molecule has 2 aliphatic heterocycles. The van der Waals surface area contributed by atoms with Crippen molar-refractivity contribution >= 4 is 28.7 Å². The van der Waals surface area contributed by atoms with Crippen LogP contribution in [0.3, 0.4) is 0 Å². The first kappa shape index (κ1) is 19.9. The Morgan fingerprint density at radius 3 is 2.38 bits per heavy atom. The predicted octanol–water partition coefficient (Wildman–Crippen LogP) is 3.23. The van der Waals surface area contributed by atoms with Gasteiger partial charge in [-0.1, -0.05) is 18.2 Å². The number of hydrogen-bond acceptors (Lipinski definition) is 9. The van der Waals surface area contributed by atoms with Crippen molar-refractivity contribution in [2.24, 2.45) is 0 Å². The van der Waals surface area contributed by atoms with E-state index in [-0.39, 0.29) is 11.5 Å². The summed E-state index contributed by atoms with van der Waals surface area (Å²) in [5.74, 6) is 1.70. The summed E-state index contributed by atoms with van der Waals surface area (Å²) in [5.41, 5.74) is 1.62. The van der Waals surface area contributed by atoms with Gasteiger partial charge in [0.15, 0.2) is 11.5 Å². The molecule has 3 aromatic rings. The molecule has 0 unspecified atom stereocenters. The maximum Gasteiger partial charge on any atom is 0.353 e. The Morgan fingerprint density at radius 1 is 0.906 bits per heavy atom. The fraction of sp³-hybridized carbons (Fsp3) is 0.273. The van der Waals surface area contributed by atoms with Gasteiger partial charge in [-0.25, -0.2) is 9.97 Å². The minimum Gasteiger partial charge on any atom is -0.486 e. The highest BCUT2D eigenvalue weighted by Crippen LogP contribution is 2.37. The van der Waals surface area contributed by atoms with Crippen LogP contribution in [-0.4, -0.2) is 54.3 Å². The molecule has 0 aliphatic carbocycles. The van der Waals surface area contributed by atoms with Gasteiger partial charge in [-0.2, -0.15) is 0 Å². The van der Waals surface area contributed by atoms with Gasteiger partial charge in [0.05, 0.1) is 4.92 Å². The zero-order valence-electron chi connectivity index (χ0n) is 17.3. The van der Waals surface area contributed by atoms with Crippen molar-refractivity contribution in [1.29, 1.82) is 0 Å². The lowest BCUT2D eigenvalue weighted by atomic mass is 10.2. The first-order chi connectivity index (χ1) is 15.7. The van der Waals surface area contributed by atoms with E-state index in [1.807, 2.05) is 23.1 Å². The molecule has 3 heterocycles. The van der Waals surface area contributed by atoms with Crippen molar-refractivity contribution in [2.45, 2.75) is 0 Å². The molecule has 2 aliphatic rings. The second kappa shape index (κ2) is 8.58. The molecule has 0 radical (unpaired) electrons. The Balaban J connectivity index is 1.38. The quantitative estimate of drug-likeness (QED) is 0.478. The summed E-state index contributed by atoms with van der Waals surface area (Å²) >= 11 is 0. The third-order valence-corrected chi connectivity index (χ3v) is 5.49. The van der Waals surface area contributed by atoms with Crippen molar-refractivity contribution in [3.05, 3.63) is 65.0 Å². The monoisotopic (exact) mass is 434 g/mol. The Labute approximate surface area is 184 Å². The molecule has 0 atom stereocenters. The van der Waals surface area contributed by atoms with E-state index in [0.29, 0.717) is 49.3 Å². The topological polar surface area (TPSA) is 106 Å². The number of piperazine rings is 1. The lowest BCUT2D eigenvalue weighted by molar-refractivity contribution is -0.383. The minimum absolute atomic E-state index is 0.141. The fourth-order valence-corrected chi connectivity index (χ4v) is 3.93. The van der Waals surface area contributed by atoms with E-state index in [0.717, 1.165) is 18.8 Å². The van der Waals surface area contributed by atoms with E-state index in [9.17, 15) is 10.1 Å². The number of nitro groups is 1. The van der Waals surface area contributed by atoms with Crippen molar-refractivity contribution in [2.75, 3.05) is 54.5 Å². The number of para-hydroxylation sites is 1. The summed E-state index contributed by atoms with van der Waals surface area (Å²) < 4.78 is 11.1. The van der Waals surface area contributed by atoms with Crippen LogP contribution < -0.4 is 24.6 Å². The maximum absolute atomic E-state index is 12.0. The van der Waals surface area contributed by atoms with E-state index in [1.165, 1.54) is 6.33 Å². The van der Waals surface area contributed by atoms with E-state index in [1.54, 1.807) is 18.2 Å². The molecule has 10 heteroatoms. The summed E-state index contributed by atoms with van der Waals surface area (Å²) in [7, 11) is 0. The lowest BCUT2D eigenvalue weighted by Crippen LogP contribution is -2.47. The van der Waals surface area contributed by atoms with Crippen LogP contribution >= 0.6 is 0 Å². The van der Waals surface area contributed by atoms with E-state index < -0.39 is 4.92 Å². The van der Waals surface area contributed by atoms with Crippen LogP contribution in [0.2, 0.25) is 0 Å². The first-order valence-corrected chi connectivity index (χ1v) is 10.4. The maximum atomic E-state index is 12.0. The third kappa shape index (κ3) is 3.94. The Kier molecular flexibility index (Phi) is 5.32. The molecule has 0 spiro atoms. The van der Waals surface area contributed by atoms with E-state index in [4.69, 9.17) is 9.47 Å². The SMILES string of the molecule is O=[N+]([O-])c1c(Nc2ccc3c(c2)OCCO3)ncnc1N1CCN(c2ccccc2)CC1. The number of nitrogens with zero attached hydrogens (tertiary/aromatic N) is 5. The predicted molar refractivity (Wildman–Crippen MR) is 120 cm³/mol. The summed E-state index contributed by atoms with van der Waals surface area (Å²) in [5, 5.41) is 15.1. The van der Waals surface area contributed by atoms with Crippen LogP contribution in [-0.2, 0) is 0 Å². The number of nitrogens with one attached hydrogen (secondary N) is 1. The summed E-state index contributed by atoms with van der Waals surface area (Å²) in [4.78, 5) is 24.2. The number of ether oxygens (including phenoxy) is 2. The number of aromatic nitrogens is 2. The number of fused-ring (bicyclic) bond motifs is 1.